The van der Waals surface area contributed by atoms with Gasteiger partial charge in [-0.05, 0) is 23.8 Å². The highest BCUT2D eigenvalue weighted by molar-refractivity contribution is 6.34. The predicted octanol–water partition coefficient (Wildman–Crippen LogP) is 3.06. The summed E-state index contributed by atoms with van der Waals surface area (Å²) in [7, 11) is 0. The molecular weight excluding hydrogens is 211 g/mol. The number of hydrogen-bond donors (Lipinski definition) is 0. The summed E-state index contributed by atoms with van der Waals surface area (Å²) in [6, 6.07) is 5.03. The van der Waals surface area contributed by atoms with Gasteiger partial charge in [0.15, 0.2) is 0 Å². The Bertz CT molecular complexity index is 303. The summed E-state index contributed by atoms with van der Waals surface area (Å²) in [5.41, 5.74) is 0.785. The average molecular weight is 219 g/mol. The molecule has 2 nitrogen and oxygen atoms in total. The summed E-state index contributed by atoms with van der Waals surface area (Å²) in [4.78, 5) is 10.5. The lowest BCUT2D eigenvalue weighted by atomic mass is 10.2. The number of benzene rings is 1. The zero-order chi connectivity index (χ0) is 9.84. The van der Waals surface area contributed by atoms with Crippen LogP contribution in [0.4, 0.5) is 0 Å². The van der Waals surface area contributed by atoms with Crippen molar-refractivity contribution < 1.29 is 9.53 Å². The van der Waals surface area contributed by atoms with Gasteiger partial charge in [0.25, 0.3) is 0 Å². The van der Waals surface area contributed by atoms with Crippen molar-refractivity contribution in [2.24, 2.45) is 0 Å². The van der Waals surface area contributed by atoms with Gasteiger partial charge >= 0.3 is 5.97 Å². The summed E-state index contributed by atoms with van der Waals surface area (Å²) < 4.78 is 4.78. The SMILES string of the molecule is CC(=O)OCc1cc(Cl)cc(Cl)c1. The lowest BCUT2D eigenvalue weighted by Crippen LogP contribution is -1.98. The van der Waals surface area contributed by atoms with E-state index in [4.69, 9.17) is 27.9 Å². The molecule has 1 rings (SSSR count). The van der Waals surface area contributed by atoms with Crippen molar-refractivity contribution in [1.82, 2.24) is 0 Å². The normalized spacial score (nSPS) is 9.77. The van der Waals surface area contributed by atoms with E-state index in [1.807, 2.05) is 0 Å². The molecule has 0 fully saturated rings. The zero-order valence-electron chi connectivity index (χ0n) is 7.01. The first-order chi connectivity index (χ1) is 6.08. The number of ether oxygens (including phenoxy) is 1. The second-order valence-corrected chi connectivity index (χ2v) is 3.43. The minimum atomic E-state index is -0.323. The van der Waals surface area contributed by atoms with Crippen molar-refractivity contribution in [2.75, 3.05) is 0 Å². The molecule has 0 heterocycles. The molecule has 1 aromatic rings. The van der Waals surface area contributed by atoms with Gasteiger partial charge in [-0.25, -0.2) is 0 Å². The van der Waals surface area contributed by atoms with Crippen molar-refractivity contribution in [3.05, 3.63) is 33.8 Å². The van der Waals surface area contributed by atoms with Gasteiger partial charge in [0.05, 0.1) is 0 Å². The molecule has 70 valence electrons. The molecule has 0 bridgehead atoms. The Hall–Kier alpha value is -0.730. The topological polar surface area (TPSA) is 26.3 Å². The molecular formula is C9H8Cl2O2. The van der Waals surface area contributed by atoms with Gasteiger partial charge in [-0.3, -0.25) is 4.79 Å². The van der Waals surface area contributed by atoms with Crippen LogP contribution in [0, 0.1) is 0 Å². The van der Waals surface area contributed by atoms with Gasteiger partial charge in [0.2, 0.25) is 0 Å². The molecule has 0 amide bonds. The maximum Gasteiger partial charge on any atom is 0.302 e. The van der Waals surface area contributed by atoms with Crippen LogP contribution in [0.1, 0.15) is 12.5 Å². The Balaban J connectivity index is 2.71. The number of rotatable bonds is 2. The summed E-state index contributed by atoms with van der Waals surface area (Å²) in [5.74, 6) is -0.323. The van der Waals surface area contributed by atoms with Crippen LogP contribution in [0.3, 0.4) is 0 Å². The van der Waals surface area contributed by atoms with E-state index in [1.165, 1.54) is 6.92 Å². The Kier molecular flexibility index (Phi) is 3.58. The minimum absolute atomic E-state index is 0.204. The highest BCUT2D eigenvalue weighted by Gasteiger charge is 1.99. The Morgan fingerprint density at radius 3 is 2.31 bits per heavy atom. The summed E-state index contributed by atoms with van der Waals surface area (Å²) in [5, 5.41) is 1.07. The molecule has 0 N–H and O–H groups in total. The van der Waals surface area contributed by atoms with Crippen molar-refractivity contribution >= 4 is 29.2 Å². The van der Waals surface area contributed by atoms with Gasteiger partial charge in [-0.2, -0.15) is 0 Å². The van der Waals surface area contributed by atoms with Crippen LogP contribution in [0.25, 0.3) is 0 Å². The summed E-state index contributed by atoms with van der Waals surface area (Å²) >= 11 is 11.5. The molecule has 0 aliphatic rings. The quantitative estimate of drug-likeness (QED) is 0.714. The fourth-order valence-corrected chi connectivity index (χ4v) is 1.45. The molecule has 0 spiro atoms. The van der Waals surface area contributed by atoms with Crippen molar-refractivity contribution in [2.45, 2.75) is 13.5 Å². The van der Waals surface area contributed by atoms with Gasteiger partial charge in [-0.15, -0.1) is 0 Å². The maximum absolute atomic E-state index is 10.5. The summed E-state index contributed by atoms with van der Waals surface area (Å²) in [6.45, 7) is 1.56. The highest BCUT2D eigenvalue weighted by atomic mass is 35.5. The third-order valence-corrected chi connectivity index (χ3v) is 1.80. The first-order valence-electron chi connectivity index (χ1n) is 3.66. The van der Waals surface area contributed by atoms with Crippen LogP contribution in [0.15, 0.2) is 18.2 Å². The Morgan fingerprint density at radius 2 is 1.85 bits per heavy atom. The van der Waals surface area contributed by atoms with E-state index in [-0.39, 0.29) is 12.6 Å². The van der Waals surface area contributed by atoms with Gasteiger partial charge in [-0.1, -0.05) is 23.2 Å². The molecule has 13 heavy (non-hydrogen) atoms. The molecule has 4 heteroatoms. The molecule has 0 atom stereocenters. The second-order valence-electron chi connectivity index (χ2n) is 2.56. The van der Waals surface area contributed by atoms with Crippen LogP contribution in [-0.4, -0.2) is 5.97 Å². The molecule has 0 aliphatic carbocycles. The van der Waals surface area contributed by atoms with Crippen molar-refractivity contribution in [1.29, 1.82) is 0 Å². The molecule has 0 radical (unpaired) electrons. The van der Waals surface area contributed by atoms with Crippen LogP contribution in [-0.2, 0) is 16.1 Å². The monoisotopic (exact) mass is 218 g/mol. The van der Waals surface area contributed by atoms with E-state index in [1.54, 1.807) is 18.2 Å². The Morgan fingerprint density at radius 1 is 1.31 bits per heavy atom. The number of hydrogen-bond acceptors (Lipinski definition) is 2. The number of halogens is 2. The lowest BCUT2D eigenvalue weighted by molar-refractivity contribution is -0.142. The molecule has 0 unspecified atom stereocenters. The fourth-order valence-electron chi connectivity index (χ4n) is 0.879. The predicted molar refractivity (Wildman–Crippen MR) is 51.9 cm³/mol. The highest BCUT2D eigenvalue weighted by Crippen LogP contribution is 2.19. The van der Waals surface area contributed by atoms with E-state index in [9.17, 15) is 4.79 Å². The second kappa shape index (κ2) is 4.49. The van der Waals surface area contributed by atoms with Crippen LogP contribution >= 0.6 is 23.2 Å². The van der Waals surface area contributed by atoms with Crippen molar-refractivity contribution in [3.8, 4) is 0 Å². The van der Waals surface area contributed by atoms with E-state index in [2.05, 4.69) is 0 Å². The van der Waals surface area contributed by atoms with Crippen LogP contribution in [0.5, 0.6) is 0 Å². The molecule has 1 aromatic carbocycles. The van der Waals surface area contributed by atoms with Gasteiger partial charge in [0, 0.05) is 17.0 Å². The smallest absolute Gasteiger partial charge is 0.302 e. The molecule has 0 saturated carbocycles. The largest absolute Gasteiger partial charge is 0.461 e. The number of esters is 1. The van der Waals surface area contributed by atoms with E-state index in [0.717, 1.165) is 5.56 Å². The first-order valence-corrected chi connectivity index (χ1v) is 4.42. The minimum Gasteiger partial charge on any atom is -0.461 e. The molecule has 0 saturated heterocycles. The van der Waals surface area contributed by atoms with E-state index >= 15 is 0 Å². The molecule has 0 aliphatic heterocycles. The molecule has 0 aromatic heterocycles. The van der Waals surface area contributed by atoms with Gasteiger partial charge < -0.3 is 4.74 Å². The number of carbonyl (C=O) groups is 1. The first kappa shape index (κ1) is 10.4. The average Bonchev–Trinajstić information content (AvgIpc) is 1.99. The van der Waals surface area contributed by atoms with Gasteiger partial charge in [0.1, 0.15) is 6.61 Å². The van der Waals surface area contributed by atoms with Crippen molar-refractivity contribution in [3.63, 3.8) is 0 Å². The summed E-state index contributed by atoms with van der Waals surface area (Å²) in [6.07, 6.45) is 0. The van der Waals surface area contributed by atoms with E-state index in [0.29, 0.717) is 10.0 Å². The lowest BCUT2D eigenvalue weighted by Gasteiger charge is -2.03. The third-order valence-electron chi connectivity index (χ3n) is 1.36. The standard InChI is InChI=1S/C9H8Cl2O2/c1-6(12)13-5-7-2-8(10)4-9(11)3-7/h2-4H,5H2,1H3. The number of carbonyl (C=O) groups excluding carboxylic acids is 1. The van der Waals surface area contributed by atoms with E-state index < -0.39 is 0 Å². The third kappa shape index (κ3) is 3.66. The van der Waals surface area contributed by atoms with Crippen LogP contribution < -0.4 is 0 Å². The zero-order valence-corrected chi connectivity index (χ0v) is 8.52. The maximum atomic E-state index is 10.5. The van der Waals surface area contributed by atoms with Crippen LogP contribution in [0.2, 0.25) is 10.0 Å². The fraction of sp³-hybridized carbons (Fsp3) is 0.222. The Labute approximate surface area is 86.4 Å².